The Kier molecular flexibility index (Phi) is 4.29. The summed E-state index contributed by atoms with van der Waals surface area (Å²) in [7, 11) is 0. The molecule has 1 amide bonds. The zero-order chi connectivity index (χ0) is 14.8. The molecule has 2 fully saturated rings. The van der Waals surface area contributed by atoms with Crippen LogP contribution in [0.1, 0.15) is 54.6 Å². The lowest BCUT2D eigenvalue weighted by Gasteiger charge is -2.38. The largest absolute Gasteiger partial charge is 0.477 e. The summed E-state index contributed by atoms with van der Waals surface area (Å²) in [6.07, 6.45) is 8.43. The molecule has 4 nitrogen and oxygen atoms in total. The Balaban J connectivity index is 1.58. The third-order valence-electron chi connectivity index (χ3n) is 4.97. The zero-order valence-electron chi connectivity index (χ0n) is 12.0. The maximum Gasteiger partial charge on any atom is 0.345 e. The van der Waals surface area contributed by atoms with Crippen molar-refractivity contribution < 1.29 is 14.7 Å². The number of fused-ring (bicyclic) bond motifs is 1. The maximum atomic E-state index is 12.4. The summed E-state index contributed by atoms with van der Waals surface area (Å²) in [6, 6.07) is 3.22. The van der Waals surface area contributed by atoms with Crippen LogP contribution in [-0.4, -0.2) is 17.0 Å². The van der Waals surface area contributed by atoms with E-state index in [1.807, 2.05) is 0 Å². The number of thiophene rings is 1. The highest BCUT2D eigenvalue weighted by molar-refractivity contribution is 7.18. The molecule has 3 atom stereocenters. The van der Waals surface area contributed by atoms with Gasteiger partial charge in [-0.3, -0.25) is 4.79 Å². The second-order valence-corrected chi connectivity index (χ2v) is 7.36. The van der Waals surface area contributed by atoms with Crippen LogP contribution in [0.5, 0.6) is 0 Å². The van der Waals surface area contributed by atoms with Crippen LogP contribution in [-0.2, 0) is 4.79 Å². The van der Waals surface area contributed by atoms with E-state index >= 15 is 0 Å². The van der Waals surface area contributed by atoms with Crippen LogP contribution in [0.3, 0.4) is 0 Å². The first-order valence-corrected chi connectivity index (χ1v) is 8.59. The van der Waals surface area contributed by atoms with Crippen molar-refractivity contribution in [2.75, 3.05) is 5.32 Å². The number of rotatable bonds is 3. The Hall–Kier alpha value is -1.36. The molecule has 0 spiro atoms. The van der Waals surface area contributed by atoms with Crippen molar-refractivity contribution in [2.24, 2.45) is 17.8 Å². The third kappa shape index (κ3) is 3.28. The average Bonchev–Trinajstić information content (AvgIpc) is 2.95. The van der Waals surface area contributed by atoms with E-state index in [1.165, 1.54) is 32.1 Å². The molecule has 0 radical (unpaired) electrons. The van der Waals surface area contributed by atoms with Gasteiger partial charge in [-0.15, -0.1) is 11.3 Å². The van der Waals surface area contributed by atoms with Crippen LogP contribution in [0.25, 0.3) is 0 Å². The molecule has 1 aromatic rings. The lowest BCUT2D eigenvalue weighted by Crippen LogP contribution is -2.33. The SMILES string of the molecule is O=C(O)c1ccc(NC(=O)C2CCC3CCCCC3C2)s1. The predicted molar refractivity (Wildman–Crippen MR) is 82.7 cm³/mol. The molecule has 114 valence electrons. The number of amides is 1. The van der Waals surface area contributed by atoms with Crippen molar-refractivity contribution in [2.45, 2.75) is 44.9 Å². The summed E-state index contributed by atoms with van der Waals surface area (Å²) in [6.45, 7) is 0. The summed E-state index contributed by atoms with van der Waals surface area (Å²) in [5.74, 6) is 0.782. The van der Waals surface area contributed by atoms with Crippen LogP contribution < -0.4 is 5.32 Å². The van der Waals surface area contributed by atoms with E-state index in [1.54, 1.807) is 12.1 Å². The van der Waals surface area contributed by atoms with E-state index in [0.29, 0.717) is 5.00 Å². The molecule has 2 N–H and O–H groups in total. The van der Waals surface area contributed by atoms with E-state index in [2.05, 4.69) is 5.32 Å². The molecule has 21 heavy (non-hydrogen) atoms. The minimum atomic E-state index is -0.941. The first-order valence-electron chi connectivity index (χ1n) is 7.77. The number of anilines is 1. The third-order valence-corrected chi connectivity index (χ3v) is 5.96. The molecule has 0 aromatic carbocycles. The molecule has 2 saturated carbocycles. The van der Waals surface area contributed by atoms with Crippen LogP contribution >= 0.6 is 11.3 Å². The lowest BCUT2D eigenvalue weighted by molar-refractivity contribution is -0.122. The fourth-order valence-electron chi connectivity index (χ4n) is 3.85. The topological polar surface area (TPSA) is 66.4 Å². The highest BCUT2D eigenvalue weighted by Gasteiger charge is 2.35. The number of carboxylic acid groups (broad SMARTS) is 1. The molecule has 3 unspecified atom stereocenters. The highest BCUT2D eigenvalue weighted by atomic mass is 32.1. The molecule has 0 aliphatic heterocycles. The van der Waals surface area contributed by atoms with Gasteiger partial charge >= 0.3 is 5.97 Å². The number of carbonyl (C=O) groups is 2. The normalized spacial score (nSPS) is 28.7. The Labute approximate surface area is 128 Å². The van der Waals surface area contributed by atoms with Gasteiger partial charge in [-0.2, -0.15) is 0 Å². The van der Waals surface area contributed by atoms with E-state index in [4.69, 9.17) is 5.11 Å². The van der Waals surface area contributed by atoms with Crippen molar-refractivity contribution in [3.8, 4) is 0 Å². The van der Waals surface area contributed by atoms with Gasteiger partial charge in [-0.05, 0) is 43.2 Å². The van der Waals surface area contributed by atoms with E-state index in [0.717, 1.165) is 36.0 Å². The van der Waals surface area contributed by atoms with E-state index in [9.17, 15) is 9.59 Å². The van der Waals surface area contributed by atoms with Crippen LogP contribution in [0, 0.1) is 17.8 Å². The fourth-order valence-corrected chi connectivity index (χ4v) is 4.60. The van der Waals surface area contributed by atoms with Crippen molar-refractivity contribution >= 4 is 28.2 Å². The fraction of sp³-hybridized carbons (Fsp3) is 0.625. The molecular weight excluding hydrogens is 286 g/mol. The summed E-state index contributed by atoms with van der Waals surface area (Å²) < 4.78 is 0. The summed E-state index contributed by atoms with van der Waals surface area (Å²) in [5, 5.41) is 12.4. The standard InChI is InChI=1S/C16H21NO3S/c18-15(17-14-8-7-13(21-14)16(19)20)12-6-5-10-3-1-2-4-11(10)9-12/h7-8,10-12H,1-6,9H2,(H,17,18)(H,19,20). The maximum absolute atomic E-state index is 12.4. The monoisotopic (exact) mass is 307 g/mol. The van der Waals surface area contributed by atoms with Crippen LogP contribution in [0.2, 0.25) is 0 Å². The molecular formula is C16H21NO3S. The molecule has 3 rings (SSSR count). The minimum Gasteiger partial charge on any atom is -0.477 e. The van der Waals surface area contributed by atoms with Crippen molar-refractivity contribution in [3.05, 3.63) is 17.0 Å². The molecule has 5 heteroatoms. The number of aromatic carboxylic acids is 1. The lowest BCUT2D eigenvalue weighted by atomic mass is 9.67. The molecule has 0 saturated heterocycles. The van der Waals surface area contributed by atoms with Crippen molar-refractivity contribution in [1.29, 1.82) is 0 Å². The van der Waals surface area contributed by atoms with Gasteiger partial charge in [-0.25, -0.2) is 4.79 Å². The van der Waals surface area contributed by atoms with Gasteiger partial charge < -0.3 is 10.4 Å². The van der Waals surface area contributed by atoms with Gasteiger partial charge in [0.1, 0.15) is 4.88 Å². The van der Waals surface area contributed by atoms with Gasteiger partial charge in [0.05, 0.1) is 5.00 Å². The number of hydrogen-bond donors (Lipinski definition) is 2. The molecule has 1 heterocycles. The molecule has 0 bridgehead atoms. The quantitative estimate of drug-likeness (QED) is 0.887. The number of hydrogen-bond acceptors (Lipinski definition) is 3. The minimum absolute atomic E-state index is 0.0674. The first-order chi connectivity index (χ1) is 10.1. The molecule has 2 aliphatic carbocycles. The predicted octanol–water partition coefficient (Wildman–Crippen LogP) is 3.99. The van der Waals surface area contributed by atoms with Gasteiger partial charge in [0.15, 0.2) is 0 Å². The number of nitrogens with one attached hydrogen (secondary N) is 1. The van der Waals surface area contributed by atoms with Crippen LogP contribution in [0.15, 0.2) is 12.1 Å². The summed E-state index contributed by atoms with van der Waals surface area (Å²) in [5.41, 5.74) is 0. The van der Waals surface area contributed by atoms with Gasteiger partial charge in [0.25, 0.3) is 0 Å². The number of carbonyl (C=O) groups excluding carboxylic acids is 1. The smallest absolute Gasteiger partial charge is 0.345 e. The summed E-state index contributed by atoms with van der Waals surface area (Å²) in [4.78, 5) is 23.5. The van der Waals surface area contributed by atoms with Crippen molar-refractivity contribution in [3.63, 3.8) is 0 Å². The van der Waals surface area contributed by atoms with Crippen LogP contribution in [0.4, 0.5) is 5.00 Å². The van der Waals surface area contributed by atoms with Gasteiger partial charge in [0.2, 0.25) is 5.91 Å². The van der Waals surface area contributed by atoms with E-state index in [-0.39, 0.29) is 16.7 Å². The first kappa shape index (κ1) is 14.6. The Morgan fingerprint density at radius 3 is 2.57 bits per heavy atom. The Bertz CT molecular complexity index is 539. The van der Waals surface area contributed by atoms with E-state index < -0.39 is 5.97 Å². The zero-order valence-corrected chi connectivity index (χ0v) is 12.8. The van der Waals surface area contributed by atoms with Crippen molar-refractivity contribution in [1.82, 2.24) is 0 Å². The second kappa shape index (κ2) is 6.18. The molecule has 2 aliphatic rings. The second-order valence-electron chi connectivity index (χ2n) is 6.27. The van der Waals surface area contributed by atoms with Gasteiger partial charge in [0, 0.05) is 5.92 Å². The molecule has 1 aromatic heterocycles. The Morgan fingerprint density at radius 2 is 1.86 bits per heavy atom. The Morgan fingerprint density at radius 1 is 1.10 bits per heavy atom. The van der Waals surface area contributed by atoms with Gasteiger partial charge in [-0.1, -0.05) is 25.7 Å². The summed E-state index contributed by atoms with van der Waals surface area (Å²) >= 11 is 1.12. The average molecular weight is 307 g/mol. The number of carboxylic acids is 1. The highest BCUT2D eigenvalue weighted by Crippen LogP contribution is 2.43.